The molecule has 3 heteroatoms. The minimum Gasteiger partial charge on any atom is -0.504 e. The van der Waals surface area contributed by atoms with Gasteiger partial charge in [0.1, 0.15) is 5.60 Å². The summed E-state index contributed by atoms with van der Waals surface area (Å²) in [4.78, 5) is 5.16. The number of aromatic hydroxyl groups is 1. The van der Waals surface area contributed by atoms with Gasteiger partial charge in [-0.15, -0.1) is 0 Å². The summed E-state index contributed by atoms with van der Waals surface area (Å²) >= 11 is 0. The first-order chi connectivity index (χ1) is 12.6. The molecular weight excluding hydrogens is 334 g/mol. The van der Waals surface area contributed by atoms with Gasteiger partial charge in [-0.05, 0) is 45.6 Å². The molecule has 0 radical (unpaired) electrons. The van der Waals surface area contributed by atoms with Gasteiger partial charge in [-0.3, -0.25) is 4.99 Å². The molecule has 0 aromatic heterocycles. The van der Waals surface area contributed by atoms with E-state index in [1.807, 2.05) is 6.07 Å². The molecule has 2 aromatic carbocycles. The number of aliphatic imine (C=N–C) groups is 1. The number of phenolic OH excluding ortho intramolecular Hbond substituents is 1. The van der Waals surface area contributed by atoms with E-state index in [1.54, 1.807) is 0 Å². The number of benzene rings is 2. The Morgan fingerprint density at radius 3 is 2.30 bits per heavy atom. The Morgan fingerprint density at radius 1 is 1.00 bits per heavy atom. The summed E-state index contributed by atoms with van der Waals surface area (Å²) in [6.07, 6.45) is 1.61. The summed E-state index contributed by atoms with van der Waals surface area (Å²) in [5.74, 6) is 1.20. The summed E-state index contributed by atoms with van der Waals surface area (Å²) < 4.78 is 6.21. The van der Waals surface area contributed by atoms with Crippen LogP contribution in [0, 0.1) is 0 Å². The van der Waals surface area contributed by atoms with Gasteiger partial charge in [0, 0.05) is 28.7 Å². The Bertz CT molecular complexity index is 937. The smallest absolute Gasteiger partial charge is 0.166 e. The minimum atomic E-state index is -0.321. The van der Waals surface area contributed by atoms with Crippen LogP contribution in [0.15, 0.2) is 35.3 Å². The third kappa shape index (κ3) is 2.93. The summed E-state index contributed by atoms with van der Waals surface area (Å²) in [5, 5.41) is 11.1. The van der Waals surface area contributed by atoms with Gasteiger partial charge in [-0.2, -0.15) is 0 Å². The largest absolute Gasteiger partial charge is 0.504 e. The predicted octanol–water partition coefficient (Wildman–Crippen LogP) is 5.40. The van der Waals surface area contributed by atoms with Crippen LogP contribution in [0.25, 0.3) is 0 Å². The molecule has 2 aliphatic rings. The molecule has 0 fully saturated rings. The highest BCUT2D eigenvalue weighted by Crippen LogP contribution is 2.51. The average Bonchev–Trinajstić information content (AvgIpc) is 2.89. The molecular formula is C24H29NO2. The molecule has 0 spiro atoms. The molecule has 142 valence electrons. The second kappa shape index (κ2) is 5.85. The topological polar surface area (TPSA) is 41.8 Å². The Balaban J connectivity index is 2.08. The van der Waals surface area contributed by atoms with E-state index < -0.39 is 0 Å². The maximum Gasteiger partial charge on any atom is 0.166 e. The van der Waals surface area contributed by atoms with Crippen molar-refractivity contribution >= 4 is 5.71 Å². The van der Waals surface area contributed by atoms with Crippen LogP contribution in [-0.2, 0) is 12.8 Å². The molecule has 0 unspecified atom stereocenters. The lowest BCUT2D eigenvalue weighted by Crippen LogP contribution is -2.31. The molecule has 0 bridgehead atoms. The number of nitrogens with zero attached hydrogens (tertiary/aromatic N) is 1. The van der Waals surface area contributed by atoms with E-state index in [0.717, 1.165) is 35.2 Å². The van der Waals surface area contributed by atoms with Crippen LogP contribution in [0.4, 0.5) is 0 Å². The highest BCUT2D eigenvalue weighted by Gasteiger charge is 2.41. The number of hydrogen-bond donors (Lipinski definition) is 1. The van der Waals surface area contributed by atoms with Crippen LogP contribution >= 0.6 is 0 Å². The van der Waals surface area contributed by atoms with E-state index in [1.165, 1.54) is 11.1 Å². The first kappa shape index (κ1) is 18.1. The fourth-order valence-corrected chi connectivity index (χ4v) is 4.58. The van der Waals surface area contributed by atoms with Gasteiger partial charge in [-0.25, -0.2) is 0 Å². The van der Waals surface area contributed by atoms with Crippen molar-refractivity contribution in [3.05, 3.63) is 58.1 Å². The quantitative estimate of drug-likeness (QED) is 0.776. The maximum atomic E-state index is 11.1. The Labute approximate surface area is 162 Å². The van der Waals surface area contributed by atoms with E-state index in [4.69, 9.17) is 9.73 Å². The van der Waals surface area contributed by atoms with E-state index in [2.05, 4.69) is 65.8 Å². The number of fused-ring (bicyclic) bond motifs is 3. The monoisotopic (exact) mass is 363 g/mol. The predicted molar refractivity (Wildman–Crippen MR) is 110 cm³/mol. The number of phenols is 1. The lowest BCUT2D eigenvalue weighted by Gasteiger charge is -2.33. The molecule has 2 aromatic rings. The summed E-state index contributed by atoms with van der Waals surface area (Å²) in [5.41, 5.74) is 6.16. The standard InChI is InChI=1S/C24H29NO2/c1-14(2)18-16-12-23(3,4)25-20(15-10-8-7-9-11-15)19(16)17-13-24(5,6)27-22(17)21(18)26/h7-11,14,26H,12-13H2,1-6H3. The minimum absolute atomic E-state index is 0.210. The van der Waals surface area contributed by atoms with Crippen molar-refractivity contribution in [3.63, 3.8) is 0 Å². The van der Waals surface area contributed by atoms with Gasteiger partial charge < -0.3 is 9.84 Å². The van der Waals surface area contributed by atoms with Crippen LogP contribution in [0.1, 0.15) is 75.3 Å². The molecule has 2 aliphatic heterocycles. The Kier molecular flexibility index (Phi) is 3.92. The van der Waals surface area contributed by atoms with Gasteiger partial charge in [0.15, 0.2) is 11.5 Å². The van der Waals surface area contributed by atoms with Crippen molar-refractivity contribution in [1.82, 2.24) is 0 Å². The maximum absolute atomic E-state index is 11.1. The van der Waals surface area contributed by atoms with Crippen molar-refractivity contribution in [2.24, 2.45) is 4.99 Å². The highest BCUT2D eigenvalue weighted by atomic mass is 16.5. The average molecular weight is 364 g/mol. The van der Waals surface area contributed by atoms with Gasteiger partial charge in [-0.1, -0.05) is 44.2 Å². The zero-order chi connectivity index (χ0) is 19.6. The molecule has 3 nitrogen and oxygen atoms in total. The molecule has 0 atom stereocenters. The van der Waals surface area contributed by atoms with Crippen LogP contribution in [-0.4, -0.2) is 22.0 Å². The van der Waals surface area contributed by atoms with E-state index in [9.17, 15) is 5.11 Å². The molecule has 0 saturated carbocycles. The summed E-state index contributed by atoms with van der Waals surface area (Å²) in [6, 6.07) is 10.4. The van der Waals surface area contributed by atoms with Gasteiger partial charge in [0.2, 0.25) is 0 Å². The first-order valence-corrected chi connectivity index (χ1v) is 9.85. The van der Waals surface area contributed by atoms with Gasteiger partial charge >= 0.3 is 0 Å². The SMILES string of the molecule is CC(C)c1c(O)c2c(c3c1CC(C)(C)N=C3c1ccccc1)CC(C)(C)O2. The third-order valence-corrected chi connectivity index (χ3v) is 5.54. The number of rotatable bonds is 2. The van der Waals surface area contributed by atoms with Crippen molar-refractivity contribution in [1.29, 1.82) is 0 Å². The van der Waals surface area contributed by atoms with Crippen LogP contribution in [0.3, 0.4) is 0 Å². The second-order valence-corrected chi connectivity index (χ2v) is 9.43. The molecule has 0 aliphatic carbocycles. The molecule has 0 saturated heterocycles. The van der Waals surface area contributed by atoms with E-state index >= 15 is 0 Å². The third-order valence-electron chi connectivity index (χ3n) is 5.54. The lowest BCUT2D eigenvalue weighted by molar-refractivity contribution is 0.134. The van der Waals surface area contributed by atoms with Crippen molar-refractivity contribution in [3.8, 4) is 11.5 Å². The van der Waals surface area contributed by atoms with E-state index in [0.29, 0.717) is 11.5 Å². The molecule has 1 N–H and O–H groups in total. The first-order valence-electron chi connectivity index (χ1n) is 9.85. The van der Waals surface area contributed by atoms with Crippen molar-refractivity contribution < 1.29 is 9.84 Å². The van der Waals surface area contributed by atoms with Crippen LogP contribution < -0.4 is 4.74 Å². The van der Waals surface area contributed by atoms with Crippen molar-refractivity contribution in [2.45, 2.75) is 71.4 Å². The molecule has 0 amide bonds. The van der Waals surface area contributed by atoms with Crippen molar-refractivity contribution in [2.75, 3.05) is 0 Å². The highest BCUT2D eigenvalue weighted by molar-refractivity contribution is 6.16. The summed E-state index contributed by atoms with van der Waals surface area (Å²) in [6.45, 7) is 12.8. The summed E-state index contributed by atoms with van der Waals surface area (Å²) in [7, 11) is 0. The van der Waals surface area contributed by atoms with Crippen LogP contribution in [0.5, 0.6) is 11.5 Å². The normalized spacial score (nSPS) is 19.3. The van der Waals surface area contributed by atoms with E-state index in [-0.39, 0.29) is 17.1 Å². The zero-order valence-electron chi connectivity index (χ0n) is 17.2. The number of hydrogen-bond acceptors (Lipinski definition) is 3. The Hall–Kier alpha value is -2.29. The number of ether oxygens (including phenoxy) is 1. The lowest BCUT2D eigenvalue weighted by atomic mass is 9.76. The Morgan fingerprint density at radius 2 is 1.67 bits per heavy atom. The fourth-order valence-electron chi connectivity index (χ4n) is 4.58. The fraction of sp³-hybridized carbons (Fsp3) is 0.458. The second-order valence-electron chi connectivity index (χ2n) is 9.43. The zero-order valence-corrected chi connectivity index (χ0v) is 17.2. The van der Waals surface area contributed by atoms with Gasteiger partial charge in [0.25, 0.3) is 0 Å². The van der Waals surface area contributed by atoms with Gasteiger partial charge in [0.05, 0.1) is 11.3 Å². The van der Waals surface area contributed by atoms with Crippen LogP contribution in [0.2, 0.25) is 0 Å². The molecule has 27 heavy (non-hydrogen) atoms. The molecule has 2 heterocycles. The molecule has 4 rings (SSSR count).